The molecule has 13 heavy (non-hydrogen) atoms. The molecule has 0 fully saturated rings. The van der Waals surface area contributed by atoms with E-state index in [9.17, 15) is 0 Å². The van der Waals surface area contributed by atoms with E-state index in [0.717, 1.165) is 18.8 Å². The van der Waals surface area contributed by atoms with Crippen LogP contribution in [0.5, 0.6) is 0 Å². The van der Waals surface area contributed by atoms with Crippen LogP contribution >= 0.6 is 0 Å². The Morgan fingerprint density at radius 2 is 2.15 bits per heavy atom. The van der Waals surface area contributed by atoms with E-state index in [0.29, 0.717) is 0 Å². The fourth-order valence-electron chi connectivity index (χ4n) is 2.03. The Hall–Kier alpha value is -1.02. The van der Waals surface area contributed by atoms with Crippen LogP contribution in [0, 0.1) is 0 Å². The van der Waals surface area contributed by atoms with Crippen LogP contribution in [0.4, 0.5) is 5.69 Å². The molecule has 0 aromatic heterocycles. The van der Waals surface area contributed by atoms with Gasteiger partial charge in [0.1, 0.15) is 0 Å². The summed E-state index contributed by atoms with van der Waals surface area (Å²) in [5.41, 5.74) is 9.61. The van der Waals surface area contributed by atoms with Crippen molar-refractivity contribution in [2.75, 3.05) is 12.3 Å². The molecule has 0 unspecified atom stereocenters. The molecule has 1 heterocycles. The monoisotopic (exact) mass is 176 g/mol. The maximum absolute atomic E-state index is 5.74. The average molecular weight is 176 g/mol. The lowest BCUT2D eigenvalue weighted by Gasteiger charge is -2.33. The number of hydrogen-bond acceptors (Lipinski definition) is 2. The Morgan fingerprint density at radius 1 is 1.38 bits per heavy atom. The van der Waals surface area contributed by atoms with Crippen molar-refractivity contribution in [2.45, 2.75) is 25.8 Å². The third-order valence-electron chi connectivity index (χ3n) is 2.74. The van der Waals surface area contributed by atoms with Crippen molar-refractivity contribution in [2.24, 2.45) is 0 Å². The lowest BCUT2D eigenvalue weighted by molar-refractivity contribution is 0.435. The highest BCUT2D eigenvalue weighted by Crippen LogP contribution is 2.30. The number of anilines is 1. The zero-order chi connectivity index (χ0) is 9.47. The zero-order valence-corrected chi connectivity index (χ0v) is 8.22. The molecule has 0 saturated carbocycles. The van der Waals surface area contributed by atoms with Gasteiger partial charge < -0.3 is 11.1 Å². The maximum Gasteiger partial charge on any atom is 0.0317 e. The molecule has 2 heteroatoms. The van der Waals surface area contributed by atoms with Gasteiger partial charge in [-0.15, -0.1) is 0 Å². The second kappa shape index (κ2) is 2.74. The molecule has 0 bridgehead atoms. The van der Waals surface area contributed by atoms with Crippen LogP contribution in [0.2, 0.25) is 0 Å². The summed E-state index contributed by atoms with van der Waals surface area (Å²) in [6.07, 6.45) is 0. The van der Waals surface area contributed by atoms with Crippen molar-refractivity contribution >= 4 is 5.69 Å². The maximum atomic E-state index is 5.74. The molecule has 3 N–H and O–H groups in total. The number of fused-ring (bicyclic) bond motifs is 1. The second-order valence-electron chi connectivity index (χ2n) is 4.40. The molecule has 1 aromatic rings. The van der Waals surface area contributed by atoms with Crippen molar-refractivity contribution < 1.29 is 0 Å². The highest BCUT2D eigenvalue weighted by molar-refractivity contribution is 5.48. The minimum Gasteiger partial charge on any atom is -0.399 e. The first-order valence-electron chi connectivity index (χ1n) is 4.69. The Bertz CT molecular complexity index is 329. The SMILES string of the molecule is CC1(C)CNCc2cc(N)ccc21. The lowest BCUT2D eigenvalue weighted by atomic mass is 9.79. The predicted molar refractivity (Wildman–Crippen MR) is 55.6 cm³/mol. The largest absolute Gasteiger partial charge is 0.399 e. The van der Waals surface area contributed by atoms with E-state index in [-0.39, 0.29) is 5.41 Å². The standard InChI is InChI=1S/C11H16N2/c1-11(2)7-13-6-8-5-9(12)3-4-10(8)11/h3-5,13H,6-7,12H2,1-2H3. The second-order valence-corrected chi connectivity index (χ2v) is 4.40. The van der Waals surface area contributed by atoms with Crippen molar-refractivity contribution in [3.63, 3.8) is 0 Å². The number of benzene rings is 1. The smallest absolute Gasteiger partial charge is 0.0317 e. The molecule has 0 radical (unpaired) electrons. The third-order valence-corrected chi connectivity index (χ3v) is 2.74. The molecule has 1 aliphatic heterocycles. The zero-order valence-electron chi connectivity index (χ0n) is 8.22. The van der Waals surface area contributed by atoms with E-state index in [2.05, 4.69) is 31.3 Å². The number of nitrogens with one attached hydrogen (secondary N) is 1. The molecule has 2 nitrogen and oxygen atoms in total. The molecule has 0 spiro atoms. The van der Waals surface area contributed by atoms with E-state index in [1.54, 1.807) is 0 Å². The summed E-state index contributed by atoms with van der Waals surface area (Å²) in [6, 6.07) is 6.22. The van der Waals surface area contributed by atoms with Gasteiger partial charge in [-0.05, 0) is 23.3 Å². The van der Waals surface area contributed by atoms with Crippen LogP contribution in [0.15, 0.2) is 18.2 Å². The highest BCUT2D eigenvalue weighted by atomic mass is 14.9. The van der Waals surface area contributed by atoms with Gasteiger partial charge in [-0.3, -0.25) is 0 Å². The van der Waals surface area contributed by atoms with Crippen LogP contribution in [0.3, 0.4) is 0 Å². The molecule has 70 valence electrons. The van der Waals surface area contributed by atoms with Gasteiger partial charge >= 0.3 is 0 Å². The first-order valence-corrected chi connectivity index (χ1v) is 4.69. The molecule has 2 rings (SSSR count). The molecule has 0 saturated heterocycles. The van der Waals surface area contributed by atoms with Gasteiger partial charge in [0.15, 0.2) is 0 Å². The predicted octanol–water partition coefficient (Wildman–Crippen LogP) is 1.65. The van der Waals surface area contributed by atoms with Crippen LogP contribution in [0.1, 0.15) is 25.0 Å². The van der Waals surface area contributed by atoms with Gasteiger partial charge in [-0.1, -0.05) is 19.9 Å². The van der Waals surface area contributed by atoms with Crippen molar-refractivity contribution in [3.8, 4) is 0 Å². The first kappa shape index (κ1) is 8.57. The Morgan fingerprint density at radius 3 is 2.92 bits per heavy atom. The van der Waals surface area contributed by atoms with Gasteiger partial charge in [-0.2, -0.15) is 0 Å². The summed E-state index contributed by atoms with van der Waals surface area (Å²) >= 11 is 0. The van der Waals surface area contributed by atoms with Crippen LogP contribution in [-0.4, -0.2) is 6.54 Å². The normalized spacial score (nSPS) is 19.5. The fraction of sp³-hybridized carbons (Fsp3) is 0.455. The van der Waals surface area contributed by atoms with E-state index < -0.39 is 0 Å². The number of rotatable bonds is 0. The molecular formula is C11H16N2. The molecule has 0 amide bonds. The van der Waals surface area contributed by atoms with Crippen molar-refractivity contribution in [1.29, 1.82) is 0 Å². The highest BCUT2D eigenvalue weighted by Gasteiger charge is 2.26. The number of nitrogens with two attached hydrogens (primary N) is 1. The summed E-state index contributed by atoms with van der Waals surface area (Å²) < 4.78 is 0. The van der Waals surface area contributed by atoms with Crippen molar-refractivity contribution in [3.05, 3.63) is 29.3 Å². The molecule has 1 aliphatic rings. The molecule has 0 atom stereocenters. The van der Waals surface area contributed by atoms with Gasteiger partial charge in [0, 0.05) is 24.2 Å². The number of hydrogen-bond donors (Lipinski definition) is 2. The first-order chi connectivity index (χ1) is 6.09. The van der Waals surface area contributed by atoms with Gasteiger partial charge in [0.05, 0.1) is 0 Å². The lowest BCUT2D eigenvalue weighted by Crippen LogP contribution is -2.38. The fourth-order valence-corrected chi connectivity index (χ4v) is 2.03. The van der Waals surface area contributed by atoms with Gasteiger partial charge in [-0.25, -0.2) is 0 Å². The van der Waals surface area contributed by atoms with E-state index in [1.807, 2.05) is 6.07 Å². The molecular weight excluding hydrogens is 160 g/mol. The summed E-state index contributed by atoms with van der Waals surface area (Å²) in [5, 5.41) is 3.40. The molecule has 1 aromatic carbocycles. The van der Waals surface area contributed by atoms with E-state index in [4.69, 9.17) is 5.73 Å². The minimum absolute atomic E-state index is 0.237. The number of nitrogen functional groups attached to an aromatic ring is 1. The summed E-state index contributed by atoms with van der Waals surface area (Å²) in [4.78, 5) is 0. The third kappa shape index (κ3) is 1.42. The average Bonchev–Trinajstić information content (AvgIpc) is 2.02. The van der Waals surface area contributed by atoms with Gasteiger partial charge in [0.25, 0.3) is 0 Å². The summed E-state index contributed by atoms with van der Waals surface area (Å²) in [7, 11) is 0. The van der Waals surface area contributed by atoms with E-state index >= 15 is 0 Å². The Kier molecular flexibility index (Phi) is 1.81. The summed E-state index contributed by atoms with van der Waals surface area (Å²) in [6.45, 7) is 6.51. The Labute approximate surface area is 79.1 Å². The van der Waals surface area contributed by atoms with Gasteiger partial charge in [0.2, 0.25) is 0 Å². The van der Waals surface area contributed by atoms with E-state index in [1.165, 1.54) is 11.1 Å². The van der Waals surface area contributed by atoms with Crippen LogP contribution in [-0.2, 0) is 12.0 Å². The van der Waals surface area contributed by atoms with Crippen LogP contribution in [0.25, 0.3) is 0 Å². The molecule has 0 aliphatic carbocycles. The topological polar surface area (TPSA) is 38.0 Å². The summed E-state index contributed by atoms with van der Waals surface area (Å²) in [5.74, 6) is 0. The minimum atomic E-state index is 0.237. The quantitative estimate of drug-likeness (QED) is 0.590. The Balaban J connectivity index is 2.53. The van der Waals surface area contributed by atoms with Crippen LogP contribution < -0.4 is 11.1 Å². The van der Waals surface area contributed by atoms with Crippen molar-refractivity contribution in [1.82, 2.24) is 5.32 Å².